The van der Waals surface area contributed by atoms with Gasteiger partial charge in [-0.15, -0.1) is 0 Å². The molecule has 1 unspecified atom stereocenters. The minimum absolute atomic E-state index is 0.0337. The van der Waals surface area contributed by atoms with Crippen molar-refractivity contribution in [1.82, 2.24) is 0 Å². The highest BCUT2D eigenvalue weighted by Gasteiger charge is 2.51. The maximum atomic E-state index is 13.4. The Kier molecular flexibility index (Phi) is 5.90. The Morgan fingerprint density at radius 1 is 1.10 bits per heavy atom. The molecule has 9 heteroatoms. The standard InChI is InChI=1S/C21H23ClF3NO3S/c1-13(2)26(17-9-7-16(8-10-17)20(3,27)21(23,24)25)30(28,29)19-12-15(14-4-5-14)6-11-18(19)22/h6-14,27H,4-5H2,1-3H3. The van der Waals surface area contributed by atoms with E-state index in [4.69, 9.17) is 11.6 Å². The predicted molar refractivity (Wildman–Crippen MR) is 110 cm³/mol. The lowest BCUT2D eigenvalue weighted by atomic mass is 9.95. The van der Waals surface area contributed by atoms with E-state index >= 15 is 0 Å². The van der Waals surface area contributed by atoms with E-state index in [1.807, 2.05) is 6.07 Å². The average Bonchev–Trinajstić information content (AvgIpc) is 3.46. The number of halogens is 4. The molecule has 1 N–H and O–H groups in total. The van der Waals surface area contributed by atoms with Crippen LogP contribution in [-0.4, -0.2) is 25.7 Å². The lowest BCUT2D eigenvalue weighted by Gasteiger charge is -2.30. The normalized spacial score (nSPS) is 17.1. The van der Waals surface area contributed by atoms with Crippen molar-refractivity contribution in [2.24, 2.45) is 0 Å². The molecule has 0 radical (unpaired) electrons. The van der Waals surface area contributed by atoms with Gasteiger partial charge in [0.05, 0.1) is 10.7 Å². The summed E-state index contributed by atoms with van der Waals surface area (Å²) in [6, 6.07) is 9.10. The highest BCUT2D eigenvalue weighted by molar-refractivity contribution is 7.93. The van der Waals surface area contributed by atoms with Crippen LogP contribution in [0.25, 0.3) is 0 Å². The first-order valence-electron chi connectivity index (χ1n) is 9.50. The van der Waals surface area contributed by atoms with Crippen LogP contribution in [-0.2, 0) is 15.6 Å². The summed E-state index contributed by atoms with van der Waals surface area (Å²) in [5.74, 6) is 0.326. The van der Waals surface area contributed by atoms with Gasteiger partial charge in [-0.2, -0.15) is 13.2 Å². The summed E-state index contributed by atoms with van der Waals surface area (Å²) in [6.45, 7) is 3.98. The molecular formula is C21H23ClF3NO3S. The van der Waals surface area contributed by atoms with Crippen molar-refractivity contribution in [1.29, 1.82) is 0 Å². The molecule has 1 aliphatic carbocycles. The fourth-order valence-electron chi connectivity index (χ4n) is 3.31. The van der Waals surface area contributed by atoms with Gasteiger partial charge in [0.2, 0.25) is 0 Å². The zero-order valence-corrected chi connectivity index (χ0v) is 18.3. The smallest absolute Gasteiger partial charge is 0.376 e. The van der Waals surface area contributed by atoms with Gasteiger partial charge >= 0.3 is 6.18 Å². The molecule has 2 aromatic rings. The number of alkyl halides is 3. The Morgan fingerprint density at radius 3 is 2.13 bits per heavy atom. The summed E-state index contributed by atoms with van der Waals surface area (Å²) >= 11 is 6.21. The van der Waals surface area contributed by atoms with Gasteiger partial charge in [-0.3, -0.25) is 4.31 Å². The van der Waals surface area contributed by atoms with Crippen molar-refractivity contribution in [3.8, 4) is 0 Å². The van der Waals surface area contributed by atoms with Gasteiger partial charge in [0.15, 0.2) is 5.60 Å². The highest BCUT2D eigenvalue weighted by atomic mass is 35.5. The number of nitrogens with zero attached hydrogens (tertiary/aromatic N) is 1. The van der Waals surface area contributed by atoms with Crippen LogP contribution < -0.4 is 4.31 Å². The molecule has 0 saturated heterocycles. The minimum Gasteiger partial charge on any atom is -0.376 e. The molecular weight excluding hydrogens is 439 g/mol. The zero-order valence-electron chi connectivity index (χ0n) is 16.7. The van der Waals surface area contributed by atoms with E-state index in [0.717, 1.165) is 34.8 Å². The molecule has 1 aliphatic rings. The molecule has 0 bridgehead atoms. The van der Waals surface area contributed by atoms with E-state index in [9.17, 15) is 26.7 Å². The molecule has 0 heterocycles. The first kappa shape index (κ1) is 22.9. The number of rotatable bonds is 6. The van der Waals surface area contributed by atoms with E-state index < -0.39 is 27.8 Å². The van der Waals surface area contributed by atoms with E-state index in [1.54, 1.807) is 26.0 Å². The number of sulfonamides is 1. The van der Waals surface area contributed by atoms with Crippen molar-refractivity contribution in [2.45, 2.75) is 62.2 Å². The molecule has 0 aromatic heterocycles. The van der Waals surface area contributed by atoms with E-state index in [2.05, 4.69) is 0 Å². The Labute approximate surface area is 179 Å². The fourth-order valence-corrected chi connectivity index (χ4v) is 5.48. The van der Waals surface area contributed by atoms with Crippen LogP contribution >= 0.6 is 11.6 Å². The molecule has 1 atom stereocenters. The zero-order chi connectivity index (χ0) is 22.5. The molecule has 0 aliphatic heterocycles. The Balaban J connectivity index is 2.03. The first-order valence-corrected chi connectivity index (χ1v) is 11.3. The third kappa shape index (κ3) is 4.18. The van der Waals surface area contributed by atoms with Crippen LogP contribution in [0.2, 0.25) is 5.02 Å². The monoisotopic (exact) mass is 461 g/mol. The van der Waals surface area contributed by atoms with Gasteiger partial charge in [0.25, 0.3) is 10.0 Å². The number of hydrogen-bond acceptors (Lipinski definition) is 3. The third-order valence-corrected chi connectivity index (χ3v) is 7.73. The average molecular weight is 462 g/mol. The molecule has 4 nitrogen and oxygen atoms in total. The van der Waals surface area contributed by atoms with Gasteiger partial charge in [-0.05, 0) is 74.9 Å². The van der Waals surface area contributed by atoms with Crippen LogP contribution in [0.15, 0.2) is 47.4 Å². The van der Waals surface area contributed by atoms with Crippen molar-refractivity contribution >= 4 is 27.3 Å². The summed E-state index contributed by atoms with van der Waals surface area (Å²) in [4.78, 5) is -0.0337. The maximum Gasteiger partial charge on any atom is 0.421 e. The van der Waals surface area contributed by atoms with Gasteiger partial charge in [0.1, 0.15) is 4.90 Å². The lowest BCUT2D eigenvalue weighted by molar-refractivity contribution is -0.258. The Morgan fingerprint density at radius 2 is 1.67 bits per heavy atom. The van der Waals surface area contributed by atoms with Crippen molar-refractivity contribution < 1.29 is 26.7 Å². The molecule has 164 valence electrons. The summed E-state index contributed by atoms with van der Waals surface area (Å²) < 4.78 is 67.3. The van der Waals surface area contributed by atoms with Crippen LogP contribution in [0, 0.1) is 0 Å². The molecule has 0 spiro atoms. The second-order valence-corrected chi connectivity index (χ2v) is 10.2. The molecule has 30 heavy (non-hydrogen) atoms. The summed E-state index contributed by atoms with van der Waals surface area (Å²) in [7, 11) is -4.07. The number of aliphatic hydroxyl groups is 1. The third-order valence-electron chi connectivity index (χ3n) is 5.25. The van der Waals surface area contributed by atoms with Gasteiger partial charge in [0, 0.05) is 6.04 Å². The summed E-state index contributed by atoms with van der Waals surface area (Å²) in [6.07, 6.45) is -2.87. The lowest BCUT2D eigenvalue weighted by Crippen LogP contribution is -2.39. The summed E-state index contributed by atoms with van der Waals surface area (Å²) in [5.41, 5.74) is -2.35. The molecule has 1 fully saturated rings. The maximum absolute atomic E-state index is 13.4. The second-order valence-electron chi connectivity index (χ2n) is 7.98. The second kappa shape index (κ2) is 7.73. The largest absolute Gasteiger partial charge is 0.421 e. The predicted octanol–water partition coefficient (Wildman–Crippen LogP) is 5.59. The van der Waals surface area contributed by atoms with Crippen molar-refractivity contribution in [3.63, 3.8) is 0 Å². The van der Waals surface area contributed by atoms with E-state index in [-0.39, 0.29) is 21.2 Å². The van der Waals surface area contributed by atoms with Gasteiger partial charge in [-0.25, -0.2) is 8.42 Å². The summed E-state index contributed by atoms with van der Waals surface area (Å²) in [5, 5.41) is 9.93. The first-order chi connectivity index (χ1) is 13.8. The van der Waals surface area contributed by atoms with E-state index in [0.29, 0.717) is 12.8 Å². The Bertz CT molecular complexity index is 1030. The minimum atomic E-state index is -4.87. The highest BCUT2D eigenvalue weighted by Crippen LogP contribution is 2.43. The topological polar surface area (TPSA) is 57.6 Å². The number of anilines is 1. The van der Waals surface area contributed by atoms with Crippen LogP contribution in [0.3, 0.4) is 0 Å². The van der Waals surface area contributed by atoms with Crippen LogP contribution in [0.4, 0.5) is 18.9 Å². The van der Waals surface area contributed by atoms with Crippen molar-refractivity contribution in [2.75, 3.05) is 4.31 Å². The molecule has 2 aromatic carbocycles. The number of hydrogen-bond donors (Lipinski definition) is 1. The SMILES string of the molecule is CC(C)N(c1ccc(C(C)(O)C(F)(F)F)cc1)S(=O)(=O)c1cc(C2CC2)ccc1Cl. The quantitative estimate of drug-likeness (QED) is 0.610. The Hall–Kier alpha value is -1.77. The molecule has 1 saturated carbocycles. The van der Waals surface area contributed by atoms with Gasteiger partial charge < -0.3 is 5.11 Å². The molecule has 0 amide bonds. The van der Waals surface area contributed by atoms with Crippen LogP contribution in [0.5, 0.6) is 0 Å². The van der Waals surface area contributed by atoms with Gasteiger partial charge in [-0.1, -0.05) is 29.8 Å². The van der Waals surface area contributed by atoms with E-state index in [1.165, 1.54) is 12.1 Å². The van der Waals surface area contributed by atoms with Crippen LogP contribution in [0.1, 0.15) is 50.7 Å². The molecule has 3 rings (SSSR count). The number of benzene rings is 2. The fraction of sp³-hybridized carbons (Fsp3) is 0.429. The van der Waals surface area contributed by atoms with Crippen molar-refractivity contribution in [3.05, 3.63) is 58.6 Å².